The molecule has 0 unspecified atom stereocenters. The van der Waals surface area contributed by atoms with Crippen LogP contribution in [0.4, 0.5) is 10.1 Å². The second-order valence-electron chi connectivity index (χ2n) is 5.45. The third-order valence-corrected chi connectivity index (χ3v) is 4.04. The van der Waals surface area contributed by atoms with E-state index in [0.29, 0.717) is 24.2 Å². The number of aryl methyl sites for hydroxylation is 1. The fourth-order valence-electron chi connectivity index (χ4n) is 2.12. The molecule has 0 radical (unpaired) electrons. The SMILES string of the molecule is COCC(=O)C(=O)NCCCc1nonc1C(=Nc1ccc(F)c(Br)c1)NO. The van der Waals surface area contributed by atoms with Gasteiger partial charge >= 0.3 is 0 Å². The lowest BCUT2D eigenvalue weighted by atomic mass is 10.2. The van der Waals surface area contributed by atoms with Gasteiger partial charge in [0.15, 0.2) is 11.5 Å². The van der Waals surface area contributed by atoms with E-state index in [-0.39, 0.29) is 29.2 Å². The molecular weight excluding hydrogens is 441 g/mol. The summed E-state index contributed by atoms with van der Waals surface area (Å²) >= 11 is 3.05. The van der Waals surface area contributed by atoms with Crippen molar-refractivity contribution in [1.82, 2.24) is 21.1 Å². The molecule has 3 N–H and O–H groups in total. The number of aliphatic imine (C=N–C) groups is 1. The van der Waals surface area contributed by atoms with Gasteiger partial charge in [-0.25, -0.2) is 14.0 Å². The third-order valence-electron chi connectivity index (χ3n) is 3.44. The van der Waals surface area contributed by atoms with Crippen LogP contribution >= 0.6 is 15.9 Å². The van der Waals surface area contributed by atoms with Crippen molar-refractivity contribution < 1.29 is 28.6 Å². The first-order valence-electron chi connectivity index (χ1n) is 8.02. The summed E-state index contributed by atoms with van der Waals surface area (Å²) in [4.78, 5) is 27.0. The average molecular weight is 458 g/mol. The maximum atomic E-state index is 13.3. The molecule has 1 heterocycles. The number of carbonyl (C=O) groups excluding carboxylic acids is 2. The van der Waals surface area contributed by atoms with E-state index in [2.05, 4.69) is 41.3 Å². The lowest BCUT2D eigenvalue weighted by molar-refractivity contribution is -0.140. The topological polar surface area (TPSA) is 139 Å². The number of benzene rings is 1. The molecule has 0 bridgehead atoms. The van der Waals surface area contributed by atoms with Crippen molar-refractivity contribution in [2.24, 2.45) is 4.99 Å². The Bertz CT molecular complexity index is 873. The fraction of sp³-hybridized carbons (Fsp3) is 0.312. The highest BCUT2D eigenvalue weighted by atomic mass is 79.9. The number of amides is 1. The van der Waals surface area contributed by atoms with Gasteiger partial charge in [-0.1, -0.05) is 5.16 Å². The number of methoxy groups -OCH3 is 1. The number of hydrogen-bond donors (Lipinski definition) is 3. The largest absolute Gasteiger partial charge is 0.376 e. The zero-order valence-corrected chi connectivity index (χ0v) is 16.3. The molecule has 0 saturated carbocycles. The molecule has 0 fully saturated rings. The zero-order valence-electron chi connectivity index (χ0n) is 14.7. The predicted octanol–water partition coefficient (Wildman–Crippen LogP) is 1.29. The van der Waals surface area contributed by atoms with Crippen LogP contribution in [-0.4, -0.2) is 53.3 Å². The number of amidine groups is 1. The molecule has 2 aromatic rings. The van der Waals surface area contributed by atoms with Crippen molar-refractivity contribution >= 4 is 39.1 Å². The molecule has 0 aliphatic heterocycles. The predicted molar refractivity (Wildman–Crippen MR) is 97.7 cm³/mol. The lowest BCUT2D eigenvalue weighted by Crippen LogP contribution is -2.34. The summed E-state index contributed by atoms with van der Waals surface area (Å²) in [5.41, 5.74) is 2.80. The molecule has 1 aromatic carbocycles. The first-order valence-corrected chi connectivity index (χ1v) is 8.81. The second-order valence-corrected chi connectivity index (χ2v) is 6.30. The van der Waals surface area contributed by atoms with Crippen LogP contribution < -0.4 is 10.8 Å². The second kappa shape index (κ2) is 10.6. The molecule has 0 aliphatic rings. The zero-order chi connectivity index (χ0) is 20.5. The van der Waals surface area contributed by atoms with Gasteiger partial charge in [0.1, 0.15) is 18.1 Å². The van der Waals surface area contributed by atoms with E-state index in [0.717, 1.165) is 0 Å². The quantitative estimate of drug-likeness (QED) is 0.168. The van der Waals surface area contributed by atoms with Crippen LogP contribution in [0.3, 0.4) is 0 Å². The van der Waals surface area contributed by atoms with E-state index in [1.165, 1.54) is 25.3 Å². The average Bonchev–Trinajstić information content (AvgIpc) is 3.14. The van der Waals surface area contributed by atoms with Crippen molar-refractivity contribution in [2.75, 3.05) is 20.3 Å². The van der Waals surface area contributed by atoms with E-state index in [9.17, 15) is 19.2 Å². The number of nitrogens with zero attached hydrogens (tertiary/aromatic N) is 3. The summed E-state index contributed by atoms with van der Waals surface area (Å²) in [5, 5.41) is 19.3. The van der Waals surface area contributed by atoms with Crippen LogP contribution in [0.2, 0.25) is 0 Å². The van der Waals surface area contributed by atoms with Gasteiger partial charge in [0, 0.05) is 13.7 Å². The maximum absolute atomic E-state index is 13.3. The molecule has 2 rings (SSSR count). The minimum atomic E-state index is -0.735. The molecule has 1 amide bonds. The van der Waals surface area contributed by atoms with Crippen molar-refractivity contribution in [3.05, 3.63) is 39.9 Å². The van der Waals surface area contributed by atoms with Gasteiger partial charge < -0.3 is 10.1 Å². The molecule has 12 heteroatoms. The van der Waals surface area contributed by atoms with Gasteiger partial charge in [-0.05, 0) is 52.1 Å². The number of halogens is 2. The summed E-state index contributed by atoms with van der Waals surface area (Å²) in [7, 11) is 1.32. The summed E-state index contributed by atoms with van der Waals surface area (Å²) in [5.74, 6) is -1.90. The Kier molecular flexibility index (Phi) is 8.17. The highest BCUT2D eigenvalue weighted by Crippen LogP contribution is 2.22. The number of Topliss-reactive ketones (excluding diaryl/α,β-unsaturated/α-hetero) is 1. The maximum Gasteiger partial charge on any atom is 0.289 e. The normalized spacial score (nSPS) is 11.4. The van der Waals surface area contributed by atoms with E-state index >= 15 is 0 Å². The fourth-order valence-corrected chi connectivity index (χ4v) is 2.48. The van der Waals surface area contributed by atoms with Crippen molar-refractivity contribution in [3.8, 4) is 0 Å². The molecule has 1 aromatic heterocycles. The van der Waals surface area contributed by atoms with Gasteiger partial charge in [0.2, 0.25) is 5.78 Å². The molecule has 10 nitrogen and oxygen atoms in total. The Morgan fingerprint density at radius 3 is 2.86 bits per heavy atom. The Hall–Kier alpha value is -2.70. The number of ether oxygens (including phenoxy) is 1. The molecule has 150 valence electrons. The minimum Gasteiger partial charge on any atom is -0.376 e. The molecule has 28 heavy (non-hydrogen) atoms. The van der Waals surface area contributed by atoms with Gasteiger partial charge in [0.25, 0.3) is 5.91 Å². The molecule has 0 atom stereocenters. The lowest BCUT2D eigenvalue weighted by Gasteiger charge is -2.05. The van der Waals surface area contributed by atoms with Crippen LogP contribution in [-0.2, 0) is 20.7 Å². The number of nitrogens with one attached hydrogen (secondary N) is 2. The minimum absolute atomic E-state index is 0.0472. The third kappa shape index (κ3) is 5.90. The number of ketones is 1. The van der Waals surface area contributed by atoms with Gasteiger partial charge in [-0.3, -0.25) is 20.3 Å². The number of rotatable bonds is 9. The Morgan fingerprint density at radius 2 is 2.18 bits per heavy atom. The van der Waals surface area contributed by atoms with Crippen molar-refractivity contribution in [1.29, 1.82) is 0 Å². The Labute approximate surface area is 167 Å². The highest BCUT2D eigenvalue weighted by molar-refractivity contribution is 9.10. The first-order chi connectivity index (χ1) is 13.5. The Balaban J connectivity index is 2.01. The Morgan fingerprint density at radius 1 is 1.39 bits per heavy atom. The molecule has 0 saturated heterocycles. The van der Waals surface area contributed by atoms with E-state index in [1.54, 1.807) is 0 Å². The smallest absolute Gasteiger partial charge is 0.289 e. The van der Waals surface area contributed by atoms with Gasteiger partial charge in [0.05, 0.1) is 10.2 Å². The molecule has 0 spiro atoms. The summed E-state index contributed by atoms with van der Waals surface area (Å²) in [6, 6.07) is 4.05. The number of aromatic nitrogens is 2. The molecule has 0 aliphatic carbocycles. The van der Waals surface area contributed by atoms with E-state index < -0.39 is 17.5 Å². The monoisotopic (exact) mass is 457 g/mol. The van der Waals surface area contributed by atoms with Gasteiger partial charge in [-0.2, -0.15) is 0 Å². The van der Waals surface area contributed by atoms with Gasteiger partial charge in [-0.15, -0.1) is 0 Å². The van der Waals surface area contributed by atoms with Crippen molar-refractivity contribution in [2.45, 2.75) is 12.8 Å². The van der Waals surface area contributed by atoms with E-state index in [1.807, 2.05) is 5.48 Å². The highest BCUT2D eigenvalue weighted by Gasteiger charge is 2.17. The van der Waals surface area contributed by atoms with Crippen molar-refractivity contribution in [3.63, 3.8) is 0 Å². The number of hydrogen-bond acceptors (Lipinski definition) is 8. The van der Waals surface area contributed by atoms with Crippen LogP contribution in [0.5, 0.6) is 0 Å². The standard InChI is InChI=1S/C16H17BrFN5O5/c1-27-8-13(24)16(25)19-6-2-3-12-14(23-28-22-12)15(21-26)20-9-4-5-11(18)10(17)7-9/h4-5,7,26H,2-3,6,8H2,1H3,(H,19,25)(H,20,21). The van der Waals surface area contributed by atoms with E-state index in [4.69, 9.17) is 4.63 Å². The summed E-state index contributed by atoms with van der Waals surface area (Å²) < 4.78 is 22.8. The summed E-state index contributed by atoms with van der Waals surface area (Å²) in [6.07, 6.45) is 0.749. The molecular formula is C16H17BrFN5O5. The van der Waals surface area contributed by atoms with Crippen LogP contribution in [0.1, 0.15) is 17.8 Å². The van der Waals surface area contributed by atoms with Crippen LogP contribution in [0.25, 0.3) is 0 Å². The first kappa shape index (κ1) is 21.6. The van der Waals surface area contributed by atoms with Crippen LogP contribution in [0, 0.1) is 5.82 Å². The summed E-state index contributed by atoms with van der Waals surface area (Å²) in [6.45, 7) is -0.0742. The van der Waals surface area contributed by atoms with Crippen LogP contribution in [0.15, 0.2) is 32.3 Å². The number of hydroxylamine groups is 1. The number of carbonyl (C=O) groups is 2.